The maximum Gasteiger partial charge on any atom is 0.200 e. The van der Waals surface area contributed by atoms with Crippen molar-refractivity contribution in [1.82, 2.24) is 0 Å². The van der Waals surface area contributed by atoms with Gasteiger partial charge in [0, 0.05) is 10.9 Å². The SMILES string of the molecule is CCCCCCCCOc1ccccc1[S+](C)C.Fc1c(F)c(F)c([B-](c2c(F)c(F)c(F)c(F)c2F)(c2c(F)c(F)c(F)c(F)c2F)c2c(F)c(F)c(F)c(F)c2F)c(F)c1F. The molecule has 0 aromatic heterocycles. The highest BCUT2D eigenvalue weighted by Crippen LogP contribution is 2.31. The van der Waals surface area contributed by atoms with Crippen molar-refractivity contribution in [3.05, 3.63) is 141 Å². The molecule has 0 saturated carbocycles. The quantitative estimate of drug-likeness (QED) is 0.0285. The summed E-state index contributed by atoms with van der Waals surface area (Å²) >= 11 is 0. The minimum absolute atomic E-state index is 0.273. The van der Waals surface area contributed by atoms with E-state index in [-0.39, 0.29) is 10.9 Å². The number of rotatable bonds is 13. The maximum absolute atomic E-state index is 15.4. The van der Waals surface area contributed by atoms with Gasteiger partial charge in [-0.3, -0.25) is 0 Å². The molecule has 0 spiro atoms. The Morgan fingerprint density at radius 3 is 0.905 bits per heavy atom. The van der Waals surface area contributed by atoms with Crippen LogP contribution in [0.4, 0.5) is 87.8 Å². The topological polar surface area (TPSA) is 9.23 Å². The highest BCUT2D eigenvalue weighted by molar-refractivity contribution is 7.95. The van der Waals surface area contributed by atoms with E-state index < -0.39 is 144 Å². The Morgan fingerprint density at radius 1 is 0.365 bits per heavy atom. The lowest BCUT2D eigenvalue weighted by atomic mass is 9.12. The van der Waals surface area contributed by atoms with Gasteiger partial charge in [-0.1, -0.05) is 51.2 Å². The van der Waals surface area contributed by atoms with Crippen LogP contribution in [-0.4, -0.2) is 25.3 Å². The van der Waals surface area contributed by atoms with Crippen LogP contribution in [0.5, 0.6) is 5.75 Å². The van der Waals surface area contributed by atoms with E-state index in [1.54, 1.807) is 0 Å². The molecule has 0 aliphatic carbocycles. The van der Waals surface area contributed by atoms with Crippen molar-refractivity contribution in [3.8, 4) is 5.75 Å². The normalized spacial score (nSPS) is 11.7. The van der Waals surface area contributed by atoms with Crippen LogP contribution < -0.4 is 26.6 Å². The molecular weight excluding hydrogens is 919 g/mol. The summed E-state index contributed by atoms with van der Waals surface area (Å²) in [5.74, 6) is -70.3. The monoisotopic (exact) mass is 946 g/mol. The van der Waals surface area contributed by atoms with Crippen LogP contribution in [0, 0.1) is 116 Å². The zero-order chi connectivity index (χ0) is 47.6. The summed E-state index contributed by atoms with van der Waals surface area (Å²) in [4.78, 5) is 1.35. The number of halogens is 20. The molecule has 1 nitrogen and oxygen atoms in total. The lowest BCUT2D eigenvalue weighted by Gasteiger charge is -2.44. The largest absolute Gasteiger partial charge is 0.488 e. The van der Waals surface area contributed by atoms with Gasteiger partial charge in [0.25, 0.3) is 0 Å². The molecule has 0 N–H and O–H groups in total. The fourth-order valence-corrected chi connectivity index (χ4v) is 7.73. The third-order valence-corrected chi connectivity index (χ3v) is 11.0. The van der Waals surface area contributed by atoms with Crippen molar-refractivity contribution >= 4 is 38.9 Å². The molecule has 0 aliphatic heterocycles. The first-order valence-electron chi connectivity index (χ1n) is 18.0. The fraction of sp³-hybridized carbons (Fsp3) is 0.250. The Kier molecular flexibility index (Phi) is 16.2. The van der Waals surface area contributed by atoms with Crippen molar-refractivity contribution in [2.75, 3.05) is 19.1 Å². The predicted octanol–water partition coefficient (Wildman–Crippen LogP) is 10.5. The molecule has 5 rings (SSSR count). The van der Waals surface area contributed by atoms with Gasteiger partial charge in [0.05, 0.1) is 6.61 Å². The van der Waals surface area contributed by atoms with Gasteiger partial charge in [0.15, 0.2) is 80.5 Å². The highest BCUT2D eigenvalue weighted by atomic mass is 32.2. The van der Waals surface area contributed by atoms with E-state index >= 15 is 35.1 Å². The van der Waals surface area contributed by atoms with E-state index in [1.165, 1.54) is 43.4 Å². The Balaban J connectivity index is 0.000000405. The Labute approximate surface area is 346 Å². The van der Waals surface area contributed by atoms with Gasteiger partial charge in [-0.05, 0) is 18.6 Å². The molecule has 0 radical (unpaired) electrons. The summed E-state index contributed by atoms with van der Waals surface area (Å²) in [5, 5.41) is 0. The number of hydrogen-bond donors (Lipinski definition) is 0. The fourth-order valence-electron chi connectivity index (χ4n) is 6.85. The molecule has 63 heavy (non-hydrogen) atoms. The minimum Gasteiger partial charge on any atom is -0.488 e. The van der Waals surface area contributed by atoms with Crippen molar-refractivity contribution in [2.24, 2.45) is 0 Å². The molecular formula is C40H27BF20OS. The van der Waals surface area contributed by atoms with Crippen LogP contribution in [0.2, 0.25) is 0 Å². The van der Waals surface area contributed by atoms with E-state index in [2.05, 4.69) is 43.7 Å². The zero-order valence-electron chi connectivity index (χ0n) is 32.2. The molecule has 5 aromatic rings. The zero-order valence-corrected chi connectivity index (χ0v) is 33.0. The molecule has 23 heteroatoms. The van der Waals surface area contributed by atoms with Crippen LogP contribution in [0.1, 0.15) is 45.4 Å². The predicted molar refractivity (Wildman–Crippen MR) is 192 cm³/mol. The molecule has 0 amide bonds. The Hall–Kier alpha value is -5.09. The van der Waals surface area contributed by atoms with E-state index in [0.717, 1.165) is 12.4 Å². The average Bonchev–Trinajstić information content (AvgIpc) is 3.26. The number of unbranched alkanes of at least 4 members (excludes halogenated alkanes) is 5. The number of ether oxygens (including phenoxy) is 1. The standard InChI is InChI=1S/C24BF20.C16H27OS/c26-5-1(6(27)14(35)21(42)13(5)34)25(2-7(28)15(36)22(43)16(37)8(2)29,3-9(30)17(38)23(44)18(39)10(3)31)4-11(32)19(40)24(45)20(41)12(4)33;1-4-5-6-7-8-11-14-17-15-12-9-10-13-16(15)18(2)3/h;9-10,12-13H,4-8,11,14H2,1-3H3/q-1;+1. The first-order chi connectivity index (χ1) is 29.5. The van der Waals surface area contributed by atoms with E-state index in [4.69, 9.17) is 4.74 Å². The van der Waals surface area contributed by atoms with Crippen molar-refractivity contribution < 1.29 is 92.5 Å². The minimum atomic E-state index is -7.22. The van der Waals surface area contributed by atoms with Gasteiger partial charge in [-0.2, -0.15) is 0 Å². The molecule has 342 valence electrons. The first-order valence-corrected chi connectivity index (χ1v) is 20.0. The highest BCUT2D eigenvalue weighted by Gasteiger charge is 2.52. The summed E-state index contributed by atoms with van der Waals surface area (Å²) in [6.07, 6.45) is 5.17. The van der Waals surface area contributed by atoms with Crippen LogP contribution in [0.15, 0.2) is 29.2 Å². The maximum atomic E-state index is 15.4. The molecule has 0 fully saturated rings. The lowest BCUT2D eigenvalue weighted by Crippen LogP contribution is -2.81. The van der Waals surface area contributed by atoms with Crippen LogP contribution in [0.3, 0.4) is 0 Å². The second-order valence-electron chi connectivity index (χ2n) is 13.7. The van der Waals surface area contributed by atoms with Gasteiger partial charge in [0.2, 0.25) is 0 Å². The lowest BCUT2D eigenvalue weighted by molar-refractivity contribution is 0.297. The second kappa shape index (κ2) is 20.2. The van der Waals surface area contributed by atoms with E-state index in [9.17, 15) is 52.7 Å². The summed E-state index contributed by atoms with van der Waals surface area (Å²) in [7, 11) is 0.273. The summed E-state index contributed by atoms with van der Waals surface area (Å²) in [6, 6.07) is 8.44. The van der Waals surface area contributed by atoms with Gasteiger partial charge in [-0.25, -0.2) is 87.8 Å². The molecule has 0 aliphatic rings. The molecule has 5 aromatic carbocycles. The number of benzene rings is 5. The van der Waals surface area contributed by atoms with Crippen LogP contribution in [0.25, 0.3) is 0 Å². The van der Waals surface area contributed by atoms with Crippen LogP contribution >= 0.6 is 0 Å². The van der Waals surface area contributed by atoms with Gasteiger partial charge >= 0.3 is 0 Å². The van der Waals surface area contributed by atoms with Crippen molar-refractivity contribution in [2.45, 2.75) is 50.3 Å². The summed E-state index contributed by atoms with van der Waals surface area (Å²) in [6.45, 7) is 3.12. The molecule has 0 atom stereocenters. The van der Waals surface area contributed by atoms with E-state index in [0.29, 0.717) is 0 Å². The van der Waals surface area contributed by atoms with Crippen molar-refractivity contribution in [1.29, 1.82) is 0 Å². The van der Waals surface area contributed by atoms with Crippen molar-refractivity contribution in [3.63, 3.8) is 0 Å². The van der Waals surface area contributed by atoms with Gasteiger partial charge in [-0.15, -0.1) is 21.9 Å². The second-order valence-corrected chi connectivity index (χ2v) is 15.8. The molecule has 0 bridgehead atoms. The summed E-state index contributed by atoms with van der Waals surface area (Å²) in [5.41, 5.74) is -14.3. The summed E-state index contributed by atoms with van der Waals surface area (Å²) < 4.78 is 300. The third-order valence-electron chi connectivity index (χ3n) is 9.75. The number of para-hydroxylation sites is 1. The molecule has 0 saturated heterocycles. The van der Waals surface area contributed by atoms with Gasteiger partial charge < -0.3 is 4.74 Å². The molecule has 0 heterocycles. The Morgan fingerprint density at radius 2 is 0.619 bits per heavy atom. The van der Waals surface area contributed by atoms with Gasteiger partial charge in [0.1, 0.15) is 65.2 Å². The smallest absolute Gasteiger partial charge is 0.200 e. The van der Waals surface area contributed by atoms with Crippen LogP contribution in [-0.2, 0) is 10.9 Å². The molecule has 0 unspecified atom stereocenters. The number of hydrogen-bond acceptors (Lipinski definition) is 1. The average molecular weight is 946 g/mol. The Bertz CT molecular complexity index is 2150. The van der Waals surface area contributed by atoms with E-state index in [1.807, 2.05) is 0 Å². The first kappa shape index (κ1) is 50.6. The third kappa shape index (κ3) is 8.89.